The predicted molar refractivity (Wildman–Crippen MR) is 89.8 cm³/mol. The number of aliphatic hydroxyl groups is 1. The highest BCUT2D eigenvalue weighted by molar-refractivity contribution is 5.49. The second-order valence-corrected chi connectivity index (χ2v) is 8.34. The van der Waals surface area contributed by atoms with Gasteiger partial charge in [-0.05, 0) is 84.5 Å². The molecule has 0 radical (unpaired) electrons. The summed E-state index contributed by atoms with van der Waals surface area (Å²) in [7, 11) is 1.62. The van der Waals surface area contributed by atoms with Crippen molar-refractivity contribution in [3.8, 4) is 11.5 Å². The average molecular weight is 316 g/mol. The van der Waals surface area contributed by atoms with Crippen LogP contribution in [0.4, 0.5) is 0 Å². The monoisotopic (exact) mass is 316 g/mol. The second kappa shape index (κ2) is 5.14. The fourth-order valence-corrected chi connectivity index (χ4v) is 6.09. The SMILES string of the molecule is COc1cc2c(cc1O)CC[C@@H]1[C@@H]2CC[C@]2(C)[C@H](O)C(C)C[C@@H]12. The number of hydrogen-bond acceptors (Lipinski definition) is 3. The van der Waals surface area contributed by atoms with Crippen molar-refractivity contribution in [3.05, 3.63) is 23.3 Å². The number of methoxy groups -OCH3 is 1. The molecule has 4 rings (SSSR count). The lowest BCUT2D eigenvalue weighted by Gasteiger charge is -2.50. The summed E-state index contributed by atoms with van der Waals surface area (Å²) in [6, 6.07) is 3.98. The Morgan fingerprint density at radius 3 is 2.78 bits per heavy atom. The van der Waals surface area contributed by atoms with Crippen molar-refractivity contribution in [2.45, 2.75) is 58.0 Å². The number of ether oxygens (including phenoxy) is 1. The first-order valence-electron chi connectivity index (χ1n) is 9.03. The molecule has 2 N–H and O–H groups in total. The number of aromatic hydroxyl groups is 1. The van der Waals surface area contributed by atoms with Crippen LogP contribution in [0, 0.1) is 23.2 Å². The Labute approximate surface area is 138 Å². The first-order chi connectivity index (χ1) is 11.0. The summed E-state index contributed by atoms with van der Waals surface area (Å²) in [5, 5.41) is 20.8. The number of hydrogen-bond donors (Lipinski definition) is 2. The van der Waals surface area contributed by atoms with Crippen LogP contribution < -0.4 is 4.74 Å². The van der Waals surface area contributed by atoms with Gasteiger partial charge < -0.3 is 14.9 Å². The van der Waals surface area contributed by atoms with Crippen molar-refractivity contribution < 1.29 is 14.9 Å². The van der Waals surface area contributed by atoms with Crippen molar-refractivity contribution in [2.75, 3.05) is 7.11 Å². The van der Waals surface area contributed by atoms with E-state index in [9.17, 15) is 10.2 Å². The molecule has 2 saturated carbocycles. The van der Waals surface area contributed by atoms with E-state index < -0.39 is 0 Å². The lowest BCUT2D eigenvalue weighted by atomic mass is 9.55. The number of fused-ring (bicyclic) bond motifs is 5. The van der Waals surface area contributed by atoms with E-state index in [-0.39, 0.29) is 17.3 Å². The normalized spacial score (nSPS) is 41.8. The Morgan fingerprint density at radius 2 is 2.04 bits per heavy atom. The van der Waals surface area contributed by atoms with Crippen molar-refractivity contribution in [3.63, 3.8) is 0 Å². The highest BCUT2D eigenvalue weighted by Crippen LogP contribution is 2.62. The third kappa shape index (κ3) is 2.05. The zero-order valence-electron chi connectivity index (χ0n) is 14.4. The van der Waals surface area contributed by atoms with Gasteiger partial charge in [-0.25, -0.2) is 0 Å². The Morgan fingerprint density at radius 1 is 1.26 bits per heavy atom. The van der Waals surface area contributed by atoms with Gasteiger partial charge in [-0.3, -0.25) is 0 Å². The molecule has 3 heteroatoms. The van der Waals surface area contributed by atoms with Gasteiger partial charge in [0.15, 0.2) is 11.5 Å². The maximum absolute atomic E-state index is 10.7. The van der Waals surface area contributed by atoms with Gasteiger partial charge in [0, 0.05) is 0 Å². The summed E-state index contributed by atoms with van der Waals surface area (Å²) < 4.78 is 5.34. The molecule has 0 amide bonds. The van der Waals surface area contributed by atoms with Crippen LogP contribution in [0.2, 0.25) is 0 Å². The number of rotatable bonds is 1. The Balaban J connectivity index is 1.72. The summed E-state index contributed by atoms with van der Waals surface area (Å²) in [5.41, 5.74) is 2.77. The minimum atomic E-state index is -0.149. The Kier molecular flexibility index (Phi) is 3.42. The number of benzene rings is 1. The summed E-state index contributed by atoms with van der Waals surface area (Å²) in [4.78, 5) is 0. The molecule has 3 nitrogen and oxygen atoms in total. The number of phenols is 1. The molecule has 6 atom stereocenters. The van der Waals surface area contributed by atoms with Crippen LogP contribution in [-0.4, -0.2) is 23.4 Å². The molecule has 0 bridgehead atoms. The van der Waals surface area contributed by atoms with Crippen molar-refractivity contribution >= 4 is 0 Å². The van der Waals surface area contributed by atoms with Crippen LogP contribution >= 0.6 is 0 Å². The van der Waals surface area contributed by atoms with Crippen molar-refractivity contribution in [1.82, 2.24) is 0 Å². The van der Waals surface area contributed by atoms with E-state index in [0.717, 1.165) is 25.7 Å². The molecular weight excluding hydrogens is 288 g/mol. The van der Waals surface area contributed by atoms with Gasteiger partial charge >= 0.3 is 0 Å². The van der Waals surface area contributed by atoms with Crippen LogP contribution in [0.3, 0.4) is 0 Å². The molecule has 126 valence electrons. The van der Waals surface area contributed by atoms with Gasteiger partial charge in [0.1, 0.15) is 0 Å². The van der Waals surface area contributed by atoms with E-state index in [1.54, 1.807) is 7.11 Å². The van der Waals surface area contributed by atoms with Crippen LogP contribution in [0.5, 0.6) is 11.5 Å². The number of aliphatic hydroxyl groups excluding tert-OH is 1. The van der Waals surface area contributed by atoms with Crippen molar-refractivity contribution in [2.24, 2.45) is 23.2 Å². The van der Waals surface area contributed by atoms with E-state index >= 15 is 0 Å². The van der Waals surface area contributed by atoms with Crippen molar-refractivity contribution in [1.29, 1.82) is 0 Å². The largest absolute Gasteiger partial charge is 0.504 e. The molecule has 1 unspecified atom stereocenters. The molecule has 1 aromatic rings. The zero-order valence-corrected chi connectivity index (χ0v) is 14.4. The standard InChI is InChI=1S/C20H28O3/c1-11-8-16-14-5-4-12-9-17(21)18(23-3)10-15(12)13(14)6-7-20(16,2)19(11)22/h9-11,13-14,16,19,21-22H,4-8H2,1-3H3/t11?,13-,14+,16-,19+,20-/m0/s1. The minimum Gasteiger partial charge on any atom is -0.504 e. The van der Waals surface area contributed by atoms with E-state index in [4.69, 9.17) is 4.74 Å². The van der Waals surface area contributed by atoms with Gasteiger partial charge in [0.05, 0.1) is 13.2 Å². The maximum atomic E-state index is 10.7. The third-order valence-corrected chi connectivity index (χ3v) is 7.30. The quantitative estimate of drug-likeness (QED) is 0.827. The first kappa shape index (κ1) is 15.3. The molecule has 1 aromatic carbocycles. The molecule has 0 aromatic heterocycles. The van der Waals surface area contributed by atoms with Crippen LogP contribution in [0.25, 0.3) is 0 Å². The van der Waals surface area contributed by atoms with Crippen LogP contribution in [-0.2, 0) is 6.42 Å². The van der Waals surface area contributed by atoms with E-state index in [1.807, 2.05) is 6.07 Å². The smallest absolute Gasteiger partial charge is 0.160 e. The minimum absolute atomic E-state index is 0.0963. The molecule has 2 fully saturated rings. The number of aryl methyl sites for hydroxylation is 1. The molecular formula is C20H28O3. The summed E-state index contributed by atoms with van der Waals surface area (Å²) >= 11 is 0. The number of phenolic OH excluding ortho intramolecular Hbond substituents is 1. The second-order valence-electron chi connectivity index (χ2n) is 8.34. The van der Waals surface area contributed by atoms with Gasteiger partial charge in [0.2, 0.25) is 0 Å². The molecule has 3 aliphatic carbocycles. The van der Waals surface area contributed by atoms with Gasteiger partial charge in [-0.1, -0.05) is 13.8 Å². The zero-order chi connectivity index (χ0) is 16.4. The lowest BCUT2D eigenvalue weighted by molar-refractivity contribution is -0.0309. The third-order valence-electron chi connectivity index (χ3n) is 7.30. The van der Waals surface area contributed by atoms with E-state index in [2.05, 4.69) is 19.9 Å². The lowest BCUT2D eigenvalue weighted by Crippen LogP contribution is -2.44. The molecule has 0 aliphatic heterocycles. The topological polar surface area (TPSA) is 49.7 Å². The Bertz CT molecular complexity index is 626. The molecule has 23 heavy (non-hydrogen) atoms. The molecule has 0 saturated heterocycles. The first-order valence-corrected chi connectivity index (χ1v) is 9.03. The fraction of sp³-hybridized carbons (Fsp3) is 0.700. The van der Waals surface area contributed by atoms with E-state index in [0.29, 0.717) is 29.4 Å². The molecule has 3 aliphatic rings. The molecule has 0 heterocycles. The van der Waals surface area contributed by atoms with Crippen LogP contribution in [0.15, 0.2) is 12.1 Å². The fourth-order valence-electron chi connectivity index (χ4n) is 6.09. The van der Waals surface area contributed by atoms with Crippen LogP contribution in [0.1, 0.15) is 56.6 Å². The maximum Gasteiger partial charge on any atom is 0.160 e. The highest BCUT2D eigenvalue weighted by atomic mass is 16.5. The predicted octanol–water partition coefficient (Wildman–Crippen LogP) is 3.86. The summed E-state index contributed by atoms with van der Waals surface area (Å²) in [6.45, 7) is 4.52. The van der Waals surface area contributed by atoms with Gasteiger partial charge in [0.25, 0.3) is 0 Å². The summed E-state index contributed by atoms with van der Waals surface area (Å²) in [5.74, 6) is 3.12. The van der Waals surface area contributed by atoms with Gasteiger partial charge in [-0.2, -0.15) is 0 Å². The highest BCUT2D eigenvalue weighted by Gasteiger charge is 2.56. The van der Waals surface area contributed by atoms with Gasteiger partial charge in [-0.15, -0.1) is 0 Å². The average Bonchev–Trinajstić information content (AvgIpc) is 2.77. The summed E-state index contributed by atoms with van der Waals surface area (Å²) in [6.07, 6.45) is 5.47. The Hall–Kier alpha value is -1.22. The van der Waals surface area contributed by atoms with E-state index in [1.165, 1.54) is 17.5 Å². The molecule has 0 spiro atoms.